The lowest BCUT2D eigenvalue weighted by Crippen LogP contribution is -2.25. The fourth-order valence-corrected chi connectivity index (χ4v) is 2.06. The number of carboxylic acids is 1. The van der Waals surface area contributed by atoms with Crippen LogP contribution in [0.3, 0.4) is 0 Å². The zero-order valence-electron chi connectivity index (χ0n) is 13.5. The Morgan fingerprint density at radius 3 is 2.48 bits per heavy atom. The molecule has 2 aromatic rings. The van der Waals surface area contributed by atoms with Crippen LogP contribution in [0.2, 0.25) is 0 Å². The van der Waals surface area contributed by atoms with E-state index in [4.69, 9.17) is 21.0 Å². The maximum absolute atomic E-state index is 12.0. The van der Waals surface area contributed by atoms with Crippen molar-refractivity contribution in [3.63, 3.8) is 0 Å². The number of nitrogens with two attached hydrogens (primary N) is 1. The second-order valence-electron chi connectivity index (χ2n) is 5.33. The summed E-state index contributed by atoms with van der Waals surface area (Å²) in [5, 5.41) is 18.5. The van der Waals surface area contributed by atoms with Crippen LogP contribution in [0.1, 0.15) is 27.9 Å². The number of nitrogen functional groups attached to an aromatic ring is 1. The number of carbonyl (C=O) groups excluding carboxylic acids is 1. The van der Waals surface area contributed by atoms with Gasteiger partial charge >= 0.3 is 5.97 Å². The van der Waals surface area contributed by atoms with Crippen LogP contribution in [0.4, 0.5) is 0 Å². The molecule has 0 atom stereocenters. The number of amidine groups is 1. The lowest BCUT2D eigenvalue weighted by molar-refractivity contribution is -0.136. The van der Waals surface area contributed by atoms with Gasteiger partial charge in [-0.3, -0.25) is 15.0 Å². The smallest absolute Gasteiger partial charge is 0.305 e. The van der Waals surface area contributed by atoms with Crippen molar-refractivity contribution in [2.45, 2.75) is 13.0 Å². The van der Waals surface area contributed by atoms with Crippen molar-refractivity contribution in [2.24, 2.45) is 5.73 Å². The van der Waals surface area contributed by atoms with E-state index in [1.54, 1.807) is 36.4 Å². The summed E-state index contributed by atoms with van der Waals surface area (Å²) in [5.74, 6) is -0.777. The first-order valence-electron chi connectivity index (χ1n) is 7.62. The van der Waals surface area contributed by atoms with Gasteiger partial charge in [-0.1, -0.05) is 30.3 Å². The predicted molar refractivity (Wildman–Crippen MR) is 92.8 cm³/mol. The minimum absolute atomic E-state index is 0.00841. The summed E-state index contributed by atoms with van der Waals surface area (Å²) in [4.78, 5) is 22.4. The number of aliphatic carboxylic acids is 1. The third kappa shape index (κ3) is 5.65. The van der Waals surface area contributed by atoms with Crippen LogP contribution in [0, 0.1) is 5.41 Å². The Bertz CT molecular complexity index is 772. The molecule has 2 rings (SSSR count). The SMILES string of the molecule is N=C(N)c1ccc(COc2cccc(C(=O)NCCC(=O)O)c2)cc1. The third-order valence-corrected chi connectivity index (χ3v) is 3.39. The van der Waals surface area contributed by atoms with E-state index in [2.05, 4.69) is 5.32 Å². The summed E-state index contributed by atoms with van der Waals surface area (Å²) in [6.45, 7) is 0.379. The van der Waals surface area contributed by atoms with E-state index in [9.17, 15) is 9.59 Å². The number of benzene rings is 2. The molecule has 0 aliphatic carbocycles. The molecule has 0 saturated carbocycles. The molecule has 0 unspecified atom stereocenters. The summed E-state index contributed by atoms with van der Waals surface area (Å²) in [6.07, 6.45) is -0.127. The van der Waals surface area contributed by atoms with Gasteiger partial charge in [0.15, 0.2) is 0 Å². The van der Waals surface area contributed by atoms with Gasteiger partial charge in [0.25, 0.3) is 5.91 Å². The zero-order chi connectivity index (χ0) is 18.2. The first-order chi connectivity index (χ1) is 12.0. The molecular formula is C18H19N3O4. The number of hydrogen-bond donors (Lipinski definition) is 4. The molecule has 0 saturated heterocycles. The Kier molecular flexibility index (Phi) is 6.11. The fraction of sp³-hybridized carbons (Fsp3) is 0.167. The van der Waals surface area contributed by atoms with E-state index in [0.29, 0.717) is 23.5 Å². The minimum Gasteiger partial charge on any atom is -0.489 e. The maximum Gasteiger partial charge on any atom is 0.305 e. The average molecular weight is 341 g/mol. The van der Waals surface area contributed by atoms with Gasteiger partial charge < -0.3 is 20.9 Å². The summed E-state index contributed by atoms with van der Waals surface area (Å²) in [5.41, 5.74) is 7.35. The standard InChI is InChI=1S/C18H19N3O4/c19-17(20)13-6-4-12(5-7-13)11-25-15-3-1-2-14(10-15)18(24)21-9-8-16(22)23/h1-7,10H,8-9,11H2,(H3,19,20)(H,21,24)(H,22,23). The van der Waals surface area contributed by atoms with Crippen molar-refractivity contribution in [1.29, 1.82) is 5.41 Å². The number of amides is 1. The van der Waals surface area contributed by atoms with Crippen LogP contribution >= 0.6 is 0 Å². The van der Waals surface area contributed by atoms with Crippen molar-refractivity contribution in [3.05, 3.63) is 65.2 Å². The van der Waals surface area contributed by atoms with Crippen molar-refractivity contribution in [3.8, 4) is 5.75 Å². The summed E-state index contributed by atoms with van der Waals surface area (Å²) < 4.78 is 5.67. The highest BCUT2D eigenvalue weighted by atomic mass is 16.5. The monoisotopic (exact) mass is 341 g/mol. The van der Waals surface area contributed by atoms with E-state index >= 15 is 0 Å². The topological polar surface area (TPSA) is 126 Å². The van der Waals surface area contributed by atoms with Crippen molar-refractivity contribution in [2.75, 3.05) is 6.54 Å². The highest BCUT2D eigenvalue weighted by Gasteiger charge is 2.07. The van der Waals surface area contributed by atoms with Gasteiger partial charge in [-0.25, -0.2) is 0 Å². The van der Waals surface area contributed by atoms with Gasteiger partial charge in [0.1, 0.15) is 18.2 Å². The van der Waals surface area contributed by atoms with Crippen LogP contribution in [0.5, 0.6) is 5.75 Å². The molecule has 0 bridgehead atoms. The molecular weight excluding hydrogens is 322 g/mol. The molecule has 0 spiro atoms. The number of hydrogen-bond acceptors (Lipinski definition) is 4. The number of rotatable bonds is 8. The van der Waals surface area contributed by atoms with Crippen LogP contribution in [-0.4, -0.2) is 29.4 Å². The molecule has 130 valence electrons. The zero-order valence-corrected chi connectivity index (χ0v) is 13.5. The fourth-order valence-electron chi connectivity index (χ4n) is 2.06. The maximum atomic E-state index is 12.0. The molecule has 0 fully saturated rings. The average Bonchev–Trinajstić information content (AvgIpc) is 2.60. The molecule has 7 heteroatoms. The third-order valence-electron chi connectivity index (χ3n) is 3.39. The van der Waals surface area contributed by atoms with E-state index in [0.717, 1.165) is 5.56 Å². The Balaban J connectivity index is 1.93. The van der Waals surface area contributed by atoms with Crippen LogP contribution < -0.4 is 15.8 Å². The lowest BCUT2D eigenvalue weighted by Gasteiger charge is -2.09. The van der Waals surface area contributed by atoms with Gasteiger partial charge in [-0.15, -0.1) is 0 Å². The van der Waals surface area contributed by atoms with Crippen molar-refractivity contribution in [1.82, 2.24) is 5.32 Å². The van der Waals surface area contributed by atoms with Gasteiger partial charge in [-0.2, -0.15) is 0 Å². The van der Waals surface area contributed by atoms with Crippen molar-refractivity contribution < 1.29 is 19.4 Å². The Labute approximate surface area is 144 Å². The molecule has 0 aromatic heterocycles. The predicted octanol–water partition coefficient (Wildman–Crippen LogP) is 1.75. The number of carbonyl (C=O) groups is 2. The molecule has 0 heterocycles. The second-order valence-corrected chi connectivity index (χ2v) is 5.33. The van der Waals surface area contributed by atoms with Gasteiger partial charge in [0, 0.05) is 17.7 Å². The lowest BCUT2D eigenvalue weighted by atomic mass is 10.1. The van der Waals surface area contributed by atoms with E-state index < -0.39 is 5.97 Å². The highest BCUT2D eigenvalue weighted by molar-refractivity contribution is 5.95. The molecule has 2 aromatic carbocycles. The van der Waals surface area contributed by atoms with Crippen LogP contribution in [0.25, 0.3) is 0 Å². The largest absolute Gasteiger partial charge is 0.489 e. The quantitative estimate of drug-likeness (QED) is 0.430. The van der Waals surface area contributed by atoms with E-state index in [1.807, 2.05) is 12.1 Å². The molecule has 1 amide bonds. The number of nitrogens with one attached hydrogen (secondary N) is 2. The second kappa shape index (κ2) is 8.49. The first kappa shape index (κ1) is 18.0. The number of ether oxygens (including phenoxy) is 1. The van der Waals surface area contributed by atoms with Crippen LogP contribution in [-0.2, 0) is 11.4 Å². The summed E-state index contributed by atoms with van der Waals surface area (Å²) in [7, 11) is 0. The summed E-state index contributed by atoms with van der Waals surface area (Å²) >= 11 is 0. The highest BCUT2D eigenvalue weighted by Crippen LogP contribution is 2.15. The van der Waals surface area contributed by atoms with Crippen LogP contribution in [0.15, 0.2) is 48.5 Å². The molecule has 25 heavy (non-hydrogen) atoms. The molecule has 0 radical (unpaired) electrons. The number of carboxylic acid groups (broad SMARTS) is 1. The molecule has 0 aliphatic heterocycles. The van der Waals surface area contributed by atoms with Gasteiger partial charge in [0.05, 0.1) is 6.42 Å². The molecule has 5 N–H and O–H groups in total. The minimum atomic E-state index is -0.965. The van der Waals surface area contributed by atoms with E-state index in [1.165, 1.54) is 0 Å². The first-order valence-corrected chi connectivity index (χ1v) is 7.62. The van der Waals surface area contributed by atoms with Gasteiger partial charge in [0.2, 0.25) is 0 Å². The Morgan fingerprint density at radius 2 is 1.84 bits per heavy atom. The van der Waals surface area contributed by atoms with E-state index in [-0.39, 0.29) is 24.7 Å². The Morgan fingerprint density at radius 1 is 1.12 bits per heavy atom. The molecule has 7 nitrogen and oxygen atoms in total. The normalized spacial score (nSPS) is 10.1. The molecule has 0 aliphatic rings. The van der Waals surface area contributed by atoms with Crippen molar-refractivity contribution >= 4 is 17.7 Å². The van der Waals surface area contributed by atoms with Gasteiger partial charge in [-0.05, 0) is 23.8 Å². The Hall–Kier alpha value is -3.35. The summed E-state index contributed by atoms with van der Waals surface area (Å²) in [6, 6.07) is 13.8.